The van der Waals surface area contributed by atoms with Gasteiger partial charge in [0.05, 0.1) is 5.56 Å². The second-order valence-electron chi connectivity index (χ2n) is 5.40. The zero-order valence-electron chi connectivity index (χ0n) is 12.4. The molecule has 4 heteroatoms. The highest BCUT2D eigenvalue weighted by atomic mass is 19.1. The predicted octanol–water partition coefficient (Wildman–Crippen LogP) is 4.09. The summed E-state index contributed by atoms with van der Waals surface area (Å²) < 4.78 is 14.1. The van der Waals surface area contributed by atoms with Crippen LogP contribution in [-0.4, -0.2) is 5.91 Å². The third-order valence-corrected chi connectivity index (χ3v) is 3.35. The molecule has 0 saturated carbocycles. The number of nitrogen functional groups attached to an aromatic ring is 1. The number of nitrogens with one attached hydrogen (secondary N) is 1. The Morgan fingerprint density at radius 2 is 1.90 bits per heavy atom. The number of carbonyl (C=O) groups is 1. The highest BCUT2D eigenvalue weighted by Gasteiger charge is 2.16. The van der Waals surface area contributed by atoms with Crippen molar-refractivity contribution in [2.45, 2.75) is 26.7 Å². The van der Waals surface area contributed by atoms with Gasteiger partial charge in [0.15, 0.2) is 0 Å². The third kappa shape index (κ3) is 3.21. The van der Waals surface area contributed by atoms with Gasteiger partial charge in [0, 0.05) is 11.4 Å². The van der Waals surface area contributed by atoms with Crippen molar-refractivity contribution in [3.63, 3.8) is 0 Å². The molecule has 3 N–H and O–H groups in total. The Balaban J connectivity index is 2.35. The molecule has 0 fully saturated rings. The van der Waals surface area contributed by atoms with E-state index < -0.39 is 11.7 Å². The van der Waals surface area contributed by atoms with E-state index in [-0.39, 0.29) is 11.5 Å². The molecule has 0 radical (unpaired) electrons. The van der Waals surface area contributed by atoms with E-state index in [4.69, 9.17) is 5.73 Å². The lowest BCUT2D eigenvalue weighted by Crippen LogP contribution is -2.16. The van der Waals surface area contributed by atoms with Crippen LogP contribution in [0.1, 0.15) is 41.3 Å². The number of carbonyl (C=O) groups excluding carboxylic acids is 1. The van der Waals surface area contributed by atoms with Crippen LogP contribution in [0.4, 0.5) is 15.8 Å². The van der Waals surface area contributed by atoms with E-state index in [1.54, 1.807) is 6.92 Å². The number of halogens is 1. The molecule has 0 saturated heterocycles. The van der Waals surface area contributed by atoms with Gasteiger partial charge in [0.25, 0.3) is 5.91 Å². The number of hydrogen-bond acceptors (Lipinski definition) is 2. The molecular formula is C17H19FN2O. The first-order chi connectivity index (χ1) is 9.90. The molecule has 0 aliphatic carbocycles. The average molecular weight is 286 g/mol. The minimum atomic E-state index is -0.538. The van der Waals surface area contributed by atoms with E-state index in [2.05, 4.69) is 5.32 Å². The van der Waals surface area contributed by atoms with Crippen LogP contribution in [0.2, 0.25) is 0 Å². The summed E-state index contributed by atoms with van der Waals surface area (Å²) >= 11 is 0. The summed E-state index contributed by atoms with van der Waals surface area (Å²) in [4.78, 5) is 12.3. The van der Waals surface area contributed by atoms with Gasteiger partial charge in [-0.05, 0) is 42.2 Å². The molecule has 0 aliphatic rings. The fraction of sp³-hybridized carbons (Fsp3) is 0.235. The Morgan fingerprint density at radius 3 is 2.57 bits per heavy atom. The number of rotatable bonds is 3. The van der Waals surface area contributed by atoms with E-state index in [0.29, 0.717) is 16.9 Å². The summed E-state index contributed by atoms with van der Waals surface area (Å²) in [6.45, 7) is 5.66. The second-order valence-corrected chi connectivity index (χ2v) is 5.40. The van der Waals surface area contributed by atoms with E-state index in [9.17, 15) is 9.18 Å². The number of aryl methyl sites for hydroxylation is 1. The smallest absolute Gasteiger partial charge is 0.258 e. The normalized spacial score (nSPS) is 10.7. The molecule has 0 aliphatic heterocycles. The Hall–Kier alpha value is -2.36. The second kappa shape index (κ2) is 5.95. The Bertz CT molecular complexity index is 680. The quantitative estimate of drug-likeness (QED) is 0.835. The first-order valence-electron chi connectivity index (χ1n) is 6.86. The standard InChI is InChI=1S/C17H19FN2O/c1-10(2)13-6-4-5-7-15(13)20-17(21)14-9-12(19)8-11(3)16(14)18/h4-10H,19H2,1-3H3,(H,20,21). The highest BCUT2D eigenvalue weighted by Crippen LogP contribution is 2.25. The Labute approximate surface area is 124 Å². The maximum atomic E-state index is 14.1. The van der Waals surface area contributed by atoms with Crippen molar-refractivity contribution in [1.29, 1.82) is 0 Å². The third-order valence-electron chi connectivity index (χ3n) is 3.35. The molecule has 0 unspecified atom stereocenters. The molecular weight excluding hydrogens is 267 g/mol. The fourth-order valence-corrected chi connectivity index (χ4v) is 2.27. The number of para-hydroxylation sites is 1. The van der Waals surface area contributed by atoms with Gasteiger partial charge in [-0.25, -0.2) is 4.39 Å². The summed E-state index contributed by atoms with van der Waals surface area (Å²) in [5.41, 5.74) is 8.08. The number of nitrogens with two attached hydrogens (primary N) is 1. The zero-order chi connectivity index (χ0) is 15.6. The molecule has 110 valence electrons. The van der Waals surface area contributed by atoms with Crippen LogP contribution in [-0.2, 0) is 0 Å². The van der Waals surface area contributed by atoms with Crippen LogP contribution in [0.5, 0.6) is 0 Å². The minimum absolute atomic E-state index is 0.0361. The first-order valence-corrected chi connectivity index (χ1v) is 6.86. The molecule has 0 atom stereocenters. The molecule has 2 aromatic rings. The van der Waals surface area contributed by atoms with Crippen molar-refractivity contribution in [1.82, 2.24) is 0 Å². The lowest BCUT2D eigenvalue weighted by atomic mass is 10.0. The van der Waals surface area contributed by atoms with E-state index in [1.165, 1.54) is 12.1 Å². The van der Waals surface area contributed by atoms with Gasteiger partial charge in [0.2, 0.25) is 0 Å². The highest BCUT2D eigenvalue weighted by molar-refractivity contribution is 6.05. The molecule has 0 aromatic heterocycles. The maximum absolute atomic E-state index is 14.1. The molecule has 2 aromatic carbocycles. The summed E-state index contributed by atoms with van der Waals surface area (Å²) in [5, 5.41) is 2.77. The number of anilines is 2. The van der Waals surface area contributed by atoms with E-state index in [1.807, 2.05) is 38.1 Å². The summed E-state index contributed by atoms with van der Waals surface area (Å²) in [6, 6.07) is 10.4. The number of benzene rings is 2. The maximum Gasteiger partial charge on any atom is 0.258 e. The molecule has 21 heavy (non-hydrogen) atoms. The molecule has 0 heterocycles. The van der Waals surface area contributed by atoms with Crippen molar-refractivity contribution in [3.8, 4) is 0 Å². The van der Waals surface area contributed by atoms with Gasteiger partial charge in [0.1, 0.15) is 5.82 Å². The van der Waals surface area contributed by atoms with Gasteiger partial charge in [-0.2, -0.15) is 0 Å². The van der Waals surface area contributed by atoms with Crippen molar-refractivity contribution in [2.75, 3.05) is 11.1 Å². The molecule has 0 bridgehead atoms. The summed E-state index contributed by atoms with van der Waals surface area (Å²) in [6.07, 6.45) is 0. The lowest BCUT2D eigenvalue weighted by molar-refractivity contribution is 0.102. The van der Waals surface area contributed by atoms with Gasteiger partial charge >= 0.3 is 0 Å². The van der Waals surface area contributed by atoms with Crippen LogP contribution in [0.15, 0.2) is 36.4 Å². The van der Waals surface area contributed by atoms with Gasteiger partial charge in [-0.15, -0.1) is 0 Å². The van der Waals surface area contributed by atoms with Crippen molar-refractivity contribution >= 4 is 17.3 Å². The lowest BCUT2D eigenvalue weighted by Gasteiger charge is -2.14. The molecule has 2 rings (SSSR count). The predicted molar refractivity (Wildman–Crippen MR) is 84.0 cm³/mol. The average Bonchev–Trinajstić information content (AvgIpc) is 2.43. The minimum Gasteiger partial charge on any atom is -0.399 e. The molecule has 3 nitrogen and oxygen atoms in total. The Morgan fingerprint density at radius 1 is 1.24 bits per heavy atom. The van der Waals surface area contributed by atoms with Crippen LogP contribution in [0.3, 0.4) is 0 Å². The largest absolute Gasteiger partial charge is 0.399 e. The zero-order valence-corrected chi connectivity index (χ0v) is 12.4. The van der Waals surface area contributed by atoms with Gasteiger partial charge in [-0.3, -0.25) is 4.79 Å². The van der Waals surface area contributed by atoms with Crippen molar-refractivity contribution in [3.05, 3.63) is 58.9 Å². The molecule has 0 spiro atoms. The van der Waals surface area contributed by atoms with Crippen molar-refractivity contribution in [2.24, 2.45) is 0 Å². The number of hydrogen-bond donors (Lipinski definition) is 2. The van der Waals surface area contributed by atoms with Crippen LogP contribution in [0.25, 0.3) is 0 Å². The van der Waals surface area contributed by atoms with Crippen LogP contribution in [0, 0.1) is 12.7 Å². The topological polar surface area (TPSA) is 55.1 Å². The molecule has 1 amide bonds. The monoisotopic (exact) mass is 286 g/mol. The van der Waals surface area contributed by atoms with E-state index in [0.717, 1.165) is 5.56 Å². The van der Waals surface area contributed by atoms with Gasteiger partial charge in [-0.1, -0.05) is 32.0 Å². The number of amides is 1. The summed E-state index contributed by atoms with van der Waals surface area (Å²) in [7, 11) is 0. The first kappa shape index (κ1) is 15.0. The summed E-state index contributed by atoms with van der Waals surface area (Å²) in [5.74, 6) is -0.770. The van der Waals surface area contributed by atoms with Crippen LogP contribution < -0.4 is 11.1 Å². The Kier molecular flexibility index (Phi) is 4.26. The van der Waals surface area contributed by atoms with Crippen molar-refractivity contribution < 1.29 is 9.18 Å². The van der Waals surface area contributed by atoms with Crippen LogP contribution >= 0.6 is 0 Å². The fourth-order valence-electron chi connectivity index (χ4n) is 2.27. The SMILES string of the molecule is Cc1cc(N)cc(C(=O)Nc2ccccc2C(C)C)c1F. The van der Waals surface area contributed by atoms with E-state index >= 15 is 0 Å². The van der Waals surface area contributed by atoms with Gasteiger partial charge < -0.3 is 11.1 Å².